The Morgan fingerprint density at radius 2 is 1.67 bits per heavy atom. The largest absolute Gasteiger partial charge is 0.207 e. The minimum atomic E-state index is -0.224. The van der Waals surface area contributed by atoms with E-state index in [1.54, 1.807) is 6.07 Å². The molecule has 75 valence electrons. The Bertz CT molecular complexity index is 448. The van der Waals surface area contributed by atoms with Crippen LogP contribution in [-0.4, -0.2) is 0 Å². The fraction of sp³-hybridized carbons (Fsp3) is 0. The summed E-state index contributed by atoms with van der Waals surface area (Å²) >= 11 is 5.77. The predicted octanol–water partition coefficient (Wildman–Crippen LogP) is 4.08. The van der Waals surface area contributed by atoms with Gasteiger partial charge in [0.1, 0.15) is 5.82 Å². The summed E-state index contributed by atoms with van der Waals surface area (Å²) in [6.45, 7) is 0. The van der Waals surface area contributed by atoms with Gasteiger partial charge < -0.3 is 0 Å². The van der Waals surface area contributed by atoms with Gasteiger partial charge in [-0.15, -0.1) is 0 Å². The van der Waals surface area contributed by atoms with Crippen LogP contribution >= 0.6 is 11.6 Å². The van der Waals surface area contributed by atoms with Crippen molar-refractivity contribution in [3.8, 4) is 0 Å². The summed E-state index contributed by atoms with van der Waals surface area (Å²) in [4.78, 5) is 0. The molecular formula is C13H9ClF. The van der Waals surface area contributed by atoms with Crippen molar-refractivity contribution >= 4 is 11.6 Å². The highest BCUT2D eigenvalue weighted by molar-refractivity contribution is 6.30. The van der Waals surface area contributed by atoms with Gasteiger partial charge in [-0.2, -0.15) is 0 Å². The Morgan fingerprint density at radius 1 is 0.933 bits per heavy atom. The minimum absolute atomic E-state index is 0.224. The second kappa shape index (κ2) is 4.45. The lowest BCUT2D eigenvalue weighted by molar-refractivity contribution is 0.627. The molecule has 0 aliphatic carbocycles. The van der Waals surface area contributed by atoms with E-state index < -0.39 is 0 Å². The summed E-state index contributed by atoms with van der Waals surface area (Å²) < 4.78 is 12.9. The number of rotatable bonds is 2. The van der Waals surface area contributed by atoms with Crippen LogP contribution in [0.2, 0.25) is 5.02 Å². The summed E-state index contributed by atoms with van der Waals surface area (Å²) in [5.74, 6) is -0.224. The lowest BCUT2D eigenvalue weighted by Crippen LogP contribution is -1.85. The molecule has 0 atom stereocenters. The summed E-state index contributed by atoms with van der Waals surface area (Å²) in [7, 11) is 0. The van der Waals surface area contributed by atoms with Crippen LogP contribution in [0.3, 0.4) is 0 Å². The van der Waals surface area contributed by atoms with Crippen LogP contribution < -0.4 is 0 Å². The lowest BCUT2D eigenvalue weighted by atomic mass is 10.1. The van der Waals surface area contributed by atoms with Crippen LogP contribution in [0, 0.1) is 12.2 Å². The van der Waals surface area contributed by atoms with Crippen molar-refractivity contribution < 1.29 is 4.39 Å². The van der Waals surface area contributed by atoms with Gasteiger partial charge in [0.2, 0.25) is 0 Å². The van der Waals surface area contributed by atoms with Crippen molar-refractivity contribution in [2.24, 2.45) is 0 Å². The Morgan fingerprint density at radius 3 is 2.33 bits per heavy atom. The van der Waals surface area contributed by atoms with E-state index in [9.17, 15) is 4.39 Å². The van der Waals surface area contributed by atoms with E-state index in [0.29, 0.717) is 5.02 Å². The molecule has 0 amide bonds. The molecule has 0 unspecified atom stereocenters. The van der Waals surface area contributed by atoms with Crippen LogP contribution in [0.1, 0.15) is 11.1 Å². The van der Waals surface area contributed by atoms with Crippen LogP contribution in [0.25, 0.3) is 0 Å². The number of hydrogen-bond donors (Lipinski definition) is 0. The number of halogens is 2. The summed E-state index contributed by atoms with van der Waals surface area (Å²) in [6.07, 6.45) is 1.90. The second-order valence-corrected chi connectivity index (χ2v) is 3.69. The molecule has 0 saturated carbocycles. The molecule has 0 saturated heterocycles. The molecule has 0 bridgehead atoms. The van der Waals surface area contributed by atoms with Crippen molar-refractivity contribution in [2.45, 2.75) is 0 Å². The third kappa shape index (κ3) is 2.80. The van der Waals surface area contributed by atoms with Gasteiger partial charge in [-0.1, -0.05) is 35.9 Å². The highest BCUT2D eigenvalue weighted by atomic mass is 35.5. The zero-order valence-corrected chi connectivity index (χ0v) is 8.71. The maximum Gasteiger partial charge on any atom is 0.123 e. The molecule has 2 heteroatoms. The molecule has 15 heavy (non-hydrogen) atoms. The maximum absolute atomic E-state index is 12.9. The monoisotopic (exact) mass is 219 g/mol. The molecular weight excluding hydrogens is 211 g/mol. The second-order valence-electron chi connectivity index (χ2n) is 3.25. The number of benzene rings is 2. The zero-order chi connectivity index (χ0) is 10.7. The van der Waals surface area contributed by atoms with E-state index in [1.165, 1.54) is 12.1 Å². The summed E-state index contributed by atoms with van der Waals surface area (Å²) in [6, 6.07) is 13.9. The molecule has 0 nitrogen and oxygen atoms in total. The molecule has 0 aliphatic rings. The van der Waals surface area contributed by atoms with Crippen molar-refractivity contribution in [3.63, 3.8) is 0 Å². The Hall–Kier alpha value is -1.34. The topological polar surface area (TPSA) is 0 Å². The van der Waals surface area contributed by atoms with Gasteiger partial charge in [0, 0.05) is 11.4 Å². The fourth-order valence-electron chi connectivity index (χ4n) is 1.35. The molecule has 2 aromatic rings. The van der Waals surface area contributed by atoms with E-state index in [1.807, 2.05) is 36.8 Å². The van der Waals surface area contributed by atoms with E-state index in [4.69, 9.17) is 11.6 Å². The maximum atomic E-state index is 12.9. The Balaban J connectivity index is 2.18. The van der Waals surface area contributed by atoms with Crippen LogP contribution in [0.15, 0.2) is 48.5 Å². The van der Waals surface area contributed by atoms with Crippen LogP contribution in [0.5, 0.6) is 0 Å². The summed E-state index contributed by atoms with van der Waals surface area (Å²) in [5, 5.41) is 0.700. The number of hydrogen-bond acceptors (Lipinski definition) is 0. The molecule has 0 N–H and O–H groups in total. The lowest BCUT2D eigenvalue weighted by Gasteiger charge is -2.01. The standard InChI is InChI=1S/C13H9ClF/c14-12-6-4-10(5-7-12)8-11-2-1-3-13(15)9-11/h1-9H. The van der Waals surface area contributed by atoms with Gasteiger partial charge in [0.05, 0.1) is 0 Å². The third-order valence-corrected chi connectivity index (χ3v) is 2.30. The molecule has 2 aromatic carbocycles. The molecule has 0 spiro atoms. The first kappa shape index (κ1) is 10.2. The van der Waals surface area contributed by atoms with Crippen molar-refractivity contribution in [1.82, 2.24) is 0 Å². The normalized spacial score (nSPS) is 10.3. The first-order chi connectivity index (χ1) is 7.24. The first-order valence-corrected chi connectivity index (χ1v) is 4.98. The van der Waals surface area contributed by atoms with Gasteiger partial charge in [-0.3, -0.25) is 0 Å². The van der Waals surface area contributed by atoms with E-state index in [0.717, 1.165) is 11.1 Å². The fourth-order valence-corrected chi connectivity index (χ4v) is 1.47. The quantitative estimate of drug-likeness (QED) is 0.714. The van der Waals surface area contributed by atoms with Crippen LogP contribution in [-0.2, 0) is 0 Å². The van der Waals surface area contributed by atoms with E-state index in [2.05, 4.69) is 0 Å². The molecule has 0 aliphatic heterocycles. The van der Waals surface area contributed by atoms with Crippen LogP contribution in [0.4, 0.5) is 4.39 Å². The molecule has 0 heterocycles. The average Bonchev–Trinajstić information content (AvgIpc) is 2.22. The van der Waals surface area contributed by atoms with Crippen molar-refractivity contribution in [2.75, 3.05) is 0 Å². The van der Waals surface area contributed by atoms with Gasteiger partial charge in [0.25, 0.3) is 0 Å². The Labute approximate surface area is 93.3 Å². The van der Waals surface area contributed by atoms with Crippen molar-refractivity contribution in [3.05, 3.63) is 76.9 Å². The summed E-state index contributed by atoms with van der Waals surface area (Å²) in [5.41, 5.74) is 1.85. The van der Waals surface area contributed by atoms with E-state index in [-0.39, 0.29) is 5.82 Å². The van der Waals surface area contributed by atoms with Gasteiger partial charge in [-0.25, -0.2) is 4.39 Å². The Kier molecular flexibility index (Phi) is 3.02. The van der Waals surface area contributed by atoms with Gasteiger partial charge >= 0.3 is 0 Å². The molecule has 1 radical (unpaired) electrons. The smallest absolute Gasteiger partial charge is 0.123 e. The predicted molar refractivity (Wildman–Crippen MR) is 60.4 cm³/mol. The first-order valence-electron chi connectivity index (χ1n) is 4.60. The minimum Gasteiger partial charge on any atom is -0.207 e. The highest BCUT2D eigenvalue weighted by Crippen LogP contribution is 2.15. The molecule has 2 rings (SSSR count). The average molecular weight is 220 g/mol. The van der Waals surface area contributed by atoms with E-state index >= 15 is 0 Å². The molecule has 0 fully saturated rings. The highest BCUT2D eigenvalue weighted by Gasteiger charge is 1.98. The zero-order valence-electron chi connectivity index (χ0n) is 7.95. The van der Waals surface area contributed by atoms with Crippen molar-refractivity contribution in [1.29, 1.82) is 0 Å². The third-order valence-electron chi connectivity index (χ3n) is 2.05. The van der Waals surface area contributed by atoms with Gasteiger partial charge in [0.15, 0.2) is 0 Å². The van der Waals surface area contributed by atoms with Gasteiger partial charge in [-0.05, 0) is 35.4 Å². The molecule has 0 aromatic heterocycles. The SMILES string of the molecule is Fc1cccc([CH]c2ccc(Cl)cc2)c1.